The lowest BCUT2D eigenvalue weighted by atomic mass is 10.0. The van der Waals surface area contributed by atoms with Crippen LogP contribution in [0.25, 0.3) is 21.3 Å². The van der Waals surface area contributed by atoms with Crippen molar-refractivity contribution >= 4 is 44.7 Å². The summed E-state index contributed by atoms with van der Waals surface area (Å²) in [5.41, 5.74) is 5.35. The predicted octanol–water partition coefficient (Wildman–Crippen LogP) is 7.39. The molecule has 2 heterocycles. The molecule has 30 heavy (non-hydrogen) atoms. The molecule has 0 atom stereocenters. The summed E-state index contributed by atoms with van der Waals surface area (Å²) in [6, 6.07) is 12.3. The summed E-state index contributed by atoms with van der Waals surface area (Å²) in [6.45, 7) is 10.8. The molecule has 154 valence electrons. The zero-order valence-corrected chi connectivity index (χ0v) is 19.3. The molecule has 0 aliphatic heterocycles. The molecule has 0 fully saturated rings. The van der Waals surface area contributed by atoms with E-state index in [1.54, 1.807) is 11.3 Å². The third-order valence-electron chi connectivity index (χ3n) is 4.97. The largest absolute Gasteiger partial charge is 0.494 e. The number of thiophene rings is 1. The maximum atomic E-state index is 6.57. The highest BCUT2D eigenvalue weighted by Gasteiger charge is 2.19. The lowest BCUT2D eigenvalue weighted by molar-refractivity contribution is 0.340. The van der Waals surface area contributed by atoms with Gasteiger partial charge in [0.25, 0.3) is 0 Å². The summed E-state index contributed by atoms with van der Waals surface area (Å²) in [5.74, 6) is 2.37. The SMILES string of the molecule is CCOc1ccc(-c2c(C)sc3nc(C)nc(Nc4c(C)cc(C)cc4Cl)c23)cc1. The van der Waals surface area contributed by atoms with Crippen molar-refractivity contribution in [3.8, 4) is 16.9 Å². The number of fused-ring (bicyclic) bond motifs is 1. The smallest absolute Gasteiger partial charge is 0.143 e. The number of nitrogens with one attached hydrogen (secondary N) is 1. The molecule has 0 aliphatic carbocycles. The minimum absolute atomic E-state index is 0.650. The van der Waals surface area contributed by atoms with Crippen molar-refractivity contribution in [2.75, 3.05) is 11.9 Å². The lowest BCUT2D eigenvalue weighted by Gasteiger charge is -2.14. The molecule has 6 heteroatoms. The van der Waals surface area contributed by atoms with Gasteiger partial charge >= 0.3 is 0 Å². The summed E-state index contributed by atoms with van der Waals surface area (Å²) < 4.78 is 5.60. The maximum Gasteiger partial charge on any atom is 0.143 e. The first-order valence-corrected chi connectivity index (χ1v) is 11.1. The highest BCUT2D eigenvalue weighted by atomic mass is 35.5. The second-order valence-electron chi connectivity index (χ2n) is 7.35. The standard InChI is InChI=1S/C24H24ClN3OS/c1-6-29-18-9-7-17(8-10-18)20-15(4)30-24-21(20)23(26-16(5)27-24)28-22-14(3)11-13(2)12-19(22)25/h7-12H,6H2,1-5H3,(H,26,27,28). The van der Waals surface area contributed by atoms with Crippen molar-refractivity contribution in [1.29, 1.82) is 0 Å². The molecular weight excluding hydrogens is 414 g/mol. The van der Waals surface area contributed by atoms with Gasteiger partial charge in [0.2, 0.25) is 0 Å². The second-order valence-corrected chi connectivity index (χ2v) is 8.96. The topological polar surface area (TPSA) is 47.0 Å². The number of rotatable bonds is 5. The molecule has 2 aromatic carbocycles. The number of aryl methyl sites for hydroxylation is 4. The monoisotopic (exact) mass is 437 g/mol. The van der Waals surface area contributed by atoms with E-state index in [-0.39, 0.29) is 0 Å². The minimum Gasteiger partial charge on any atom is -0.494 e. The molecule has 0 bridgehead atoms. The molecule has 1 N–H and O–H groups in total. The molecule has 4 nitrogen and oxygen atoms in total. The van der Waals surface area contributed by atoms with Crippen LogP contribution in [-0.2, 0) is 0 Å². The van der Waals surface area contributed by atoms with E-state index in [1.165, 1.54) is 4.88 Å². The highest BCUT2D eigenvalue weighted by Crippen LogP contribution is 2.42. The maximum absolute atomic E-state index is 6.57. The second kappa shape index (κ2) is 8.25. The number of anilines is 2. The van der Waals surface area contributed by atoms with Crippen LogP contribution in [-0.4, -0.2) is 16.6 Å². The van der Waals surface area contributed by atoms with Crippen molar-refractivity contribution in [2.24, 2.45) is 0 Å². The zero-order chi connectivity index (χ0) is 21.4. The fourth-order valence-electron chi connectivity index (χ4n) is 3.73. The number of hydrogen-bond acceptors (Lipinski definition) is 5. The van der Waals surface area contributed by atoms with Gasteiger partial charge in [0.1, 0.15) is 22.2 Å². The first kappa shape index (κ1) is 20.6. The van der Waals surface area contributed by atoms with E-state index in [0.717, 1.165) is 55.5 Å². The Kier molecular flexibility index (Phi) is 5.67. The molecule has 0 aliphatic rings. The van der Waals surface area contributed by atoms with Crippen molar-refractivity contribution < 1.29 is 4.74 Å². The predicted molar refractivity (Wildman–Crippen MR) is 128 cm³/mol. The van der Waals surface area contributed by atoms with E-state index < -0.39 is 0 Å². The highest BCUT2D eigenvalue weighted by molar-refractivity contribution is 7.19. The zero-order valence-electron chi connectivity index (χ0n) is 17.8. The Morgan fingerprint density at radius 3 is 2.43 bits per heavy atom. The Labute approximate surface area is 185 Å². The number of nitrogens with zero attached hydrogens (tertiary/aromatic N) is 2. The van der Waals surface area contributed by atoms with Crippen molar-refractivity contribution in [3.05, 3.63) is 63.2 Å². The van der Waals surface area contributed by atoms with Crippen molar-refractivity contribution in [3.63, 3.8) is 0 Å². The third kappa shape index (κ3) is 3.87. The Hall–Kier alpha value is -2.63. The van der Waals surface area contributed by atoms with E-state index in [4.69, 9.17) is 26.3 Å². The van der Waals surface area contributed by atoms with Crippen LogP contribution >= 0.6 is 22.9 Å². The van der Waals surface area contributed by atoms with Crippen LogP contribution in [0, 0.1) is 27.7 Å². The number of hydrogen-bond donors (Lipinski definition) is 1. The average Bonchev–Trinajstić information content (AvgIpc) is 3.01. The molecule has 0 saturated heterocycles. The molecule has 0 radical (unpaired) electrons. The van der Waals surface area contributed by atoms with Crippen LogP contribution in [0.3, 0.4) is 0 Å². The van der Waals surface area contributed by atoms with Crippen LogP contribution in [0.5, 0.6) is 5.75 Å². The van der Waals surface area contributed by atoms with Crippen LogP contribution in [0.15, 0.2) is 36.4 Å². The van der Waals surface area contributed by atoms with Gasteiger partial charge in [0.15, 0.2) is 0 Å². The number of aromatic nitrogens is 2. The molecule has 2 aromatic heterocycles. The Balaban J connectivity index is 1.89. The van der Waals surface area contributed by atoms with Crippen LogP contribution in [0.2, 0.25) is 5.02 Å². The van der Waals surface area contributed by atoms with Crippen molar-refractivity contribution in [2.45, 2.75) is 34.6 Å². The summed E-state index contributed by atoms with van der Waals surface area (Å²) >= 11 is 8.25. The fourth-order valence-corrected chi connectivity index (χ4v) is 5.19. The third-order valence-corrected chi connectivity index (χ3v) is 6.27. The Morgan fingerprint density at radius 1 is 1.03 bits per heavy atom. The first-order valence-electron chi connectivity index (χ1n) is 9.92. The molecular formula is C24H24ClN3OS. The van der Waals surface area contributed by atoms with Gasteiger partial charge in [0, 0.05) is 10.4 Å². The van der Waals surface area contributed by atoms with Gasteiger partial charge in [-0.05, 0) is 69.5 Å². The van der Waals surface area contributed by atoms with Gasteiger partial charge in [-0.15, -0.1) is 11.3 Å². The van der Waals surface area contributed by atoms with E-state index >= 15 is 0 Å². The number of benzene rings is 2. The van der Waals surface area contributed by atoms with E-state index in [0.29, 0.717) is 11.6 Å². The number of ether oxygens (including phenoxy) is 1. The van der Waals surface area contributed by atoms with Crippen LogP contribution in [0.4, 0.5) is 11.5 Å². The summed E-state index contributed by atoms with van der Waals surface area (Å²) in [6.07, 6.45) is 0. The fraction of sp³-hybridized carbons (Fsp3) is 0.250. The first-order chi connectivity index (χ1) is 14.4. The summed E-state index contributed by atoms with van der Waals surface area (Å²) in [7, 11) is 0. The van der Waals surface area contributed by atoms with E-state index in [1.807, 2.05) is 39.0 Å². The van der Waals surface area contributed by atoms with Crippen LogP contribution < -0.4 is 10.1 Å². The summed E-state index contributed by atoms with van der Waals surface area (Å²) in [4.78, 5) is 11.6. The Morgan fingerprint density at radius 2 is 1.77 bits per heavy atom. The van der Waals surface area contributed by atoms with Crippen molar-refractivity contribution in [1.82, 2.24) is 9.97 Å². The van der Waals surface area contributed by atoms with Gasteiger partial charge in [-0.2, -0.15) is 0 Å². The quantitative estimate of drug-likeness (QED) is 0.353. The number of halogens is 1. The van der Waals surface area contributed by atoms with E-state index in [9.17, 15) is 0 Å². The van der Waals surface area contributed by atoms with Gasteiger partial charge in [-0.25, -0.2) is 9.97 Å². The minimum atomic E-state index is 0.650. The van der Waals surface area contributed by atoms with Gasteiger partial charge in [-0.1, -0.05) is 29.8 Å². The average molecular weight is 438 g/mol. The molecule has 0 amide bonds. The molecule has 0 unspecified atom stereocenters. The Bertz CT molecular complexity index is 1210. The normalized spacial score (nSPS) is 11.1. The molecule has 4 aromatic rings. The van der Waals surface area contributed by atoms with Gasteiger partial charge in [0.05, 0.1) is 22.7 Å². The summed E-state index contributed by atoms with van der Waals surface area (Å²) in [5, 5.41) is 5.21. The molecule has 0 saturated carbocycles. The van der Waals surface area contributed by atoms with Crippen LogP contribution in [0.1, 0.15) is 28.8 Å². The van der Waals surface area contributed by atoms with Gasteiger partial charge in [-0.3, -0.25) is 0 Å². The van der Waals surface area contributed by atoms with Gasteiger partial charge < -0.3 is 10.1 Å². The molecule has 0 spiro atoms. The van der Waals surface area contributed by atoms with E-state index in [2.05, 4.69) is 37.4 Å². The lowest BCUT2D eigenvalue weighted by Crippen LogP contribution is -2.01. The molecule has 4 rings (SSSR count).